The van der Waals surface area contributed by atoms with Crippen LogP contribution in [0.1, 0.15) is 24.0 Å². The normalized spacial score (nSPS) is 12.8. The van der Waals surface area contributed by atoms with Crippen molar-refractivity contribution in [1.82, 2.24) is 0 Å². The lowest BCUT2D eigenvalue weighted by Gasteiger charge is -2.05. The SMILES string of the molecule is C=CCc1ccc(/C=C/C=NC(CCCN)C(=O)O)c(O)c1. The van der Waals surface area contributed by atoms with Crippen LogP contribution in [0.15, 0.2) is 41.9 Å². The van der Waals surface area contributed by atoms with E-state index in [0.717, 1.165) is 5.56 Å². The van der Waals surface area contributed by atoms with Crippen LogP contribution in [-0.2, 0) is 11.2 Å². The number of carboxylic acids is 1. The average molecular weight is 302 g/mol. The molecule has 0 spiro atoms. The molecule has 1 aromatic rings. The maximum Gasteiger partial charge on any atom is 0.328 e. The smallest absolute Gasteiger partial charge is 0.328 e. The van der Waals surface area contributed by atoms with E-state index in [1.54, 1.807) is 30.4 Å². The quantitative estimate of drug-likeness (QED) is 0.482. The number of carboxylic acid groups (broad SMARTS) is 1. The molecule has 0 aromatic heterocycles. The number of allylic oxidation sites excluding steroid dienone is 2. The highest BCUT2D eigenvalue weighted by atomic mass is 16.4. The third kappa shape index (κ3) is 5.93. The maximum absolute atomic E-state index is 11.0. The molecule has 0 bridgehead atoms. The van der Waals surface area contributed by atoms with E-state index in [2.05, 4.69) is 11.6 Å². The maximum atomic E-state index is 11.0. The van der Waals surface area contributed by atoms with Gasteiger partial charge in [0.25, 0.3) is 0 Å². The highest BCUT2D eigenvalue weighted by molar-refractivity contribution is 5.82. The molecule has 0 amide bonds. The number of rotatable bonds is 9. The Morgan fingerprint density at radius 2 is 2.23 bits per heavy atom. The Kier molecular flexibility index (Phi) is 7.64. The Bertz CT molecular complexity index is 565. The first-order chi connectivity index (χ1) is 10.6. The van der Waals surface area contributed by atoms with Crippen LogP contribution in [0.2, 0.25) is 0 Å². The van der Waals surface area contributed by atoms with E-state index >= 15 is 0 Å². The van der Waals surface area contributed by atoms with Gasteiger partial charge in [-0.2, -0.15) is 0 Å². The van der Waals surface area contributed by atoms with Crippen molar-refractivity contribution in [2.24, 2.45) is 10.7 Å². The third-order valence-electron chi connectivity index (χ3n) is 3.07. The van der Waals surface area contributed by atoms with Crippen LogP contribution in [0.3, 0.4) is 0 Å². The number of aliphatic carboxylic acids is 1. The molecule has 4 N–H and O–H groups in total. The molecule has 118 valence electrons. The van der Waals surface area contributed by atoms with E-state index in [-0.39, 0.29) is 5.75 Å². The number of carbonyl (C=O) groups is 1. The molecule has 0 saturated carbocycles. The zero-order valence-corrected chi connectivity index (χ0v) is 12.5. The monoisotopic (exact) mass is 302 g/mol. The molecule has 0 radical (unpaired) electrons. The Morgan fingerprint density at radius 1 is 1.45 bits per heavy atom. The molecule has 0 heterocycles. The first-order valence-corrected chi connectivity index (χ1v) is 7.14. The molecule has 0 aliphatic heterocycles. The summed E-state index contributed by atoms with van der Waals surface area (Å²) in [6, 6.07) is 4.60. The number of nitrogens with zero attached hydrogens (tertiary/aromatic N) is 1. The van der Waals surface area contributed by atoms with E-state index in [0.29, 0.717) is 31.4 Å². The van der Waals surface area contributed by atoms with Crippen molar-refractivity contribution in [3.63, 3.8) is 0 Å². The topological polar surface area (TPSA) is 95.9 Å². The van der Waals surface area contributed by atoms with E-state index in [9.17, 15) is 9.90 Å². The Labute approximate surface area is 130 Å². The minimum atomic E-state index is -0.963. The molecular formula is C17H22N2O3. The van der Waals surface area contributed by atoms with Gasteiger partial charge < -0.3 is 15.9 Å². The second-order valence-corrected chi connectivity index (χ2v) is 4.83. The molecular weight excluding hydrogens is 280 g/mol. The number of phenols is 1. The van der Waals surface area contributed by atoms with Crippen LogP contribution in [-0.4, -0.2) is 35.0 Å². The summed E-state index contributed by atoms with van der Waals surface area (Å²) in [6.45, 7) is 4.10. The van der Waals surface area contributed by atoms with Crippen LogP contribution in [0, 0.1) is 0 Å². The number of hydrogen-bond acceptors (Lipinski definition) is 4. The molecule has 0 fully saturated rings. The van der Waals surface area contributed by atoms with Gasteiger partial charge in [0, 0.05) is 11.8 Å². The van der Waals surface area contributed by atoms with Crippen molar-refractivity contribution < 1.29 is 15.0 Å². The molecule has 1 atom stereocenters. The van der Waals surface area contributed by atoms with Crippen molar-refractivity contribution in [2.45, 2.75) is 25.3 Å². The number of benzene rings is 1. The van der Waals surface area contributed by atoms with Gasteiger partial charge in [0.15, 0.2) is 0 Å². The minimum absolute atomic E-state index is 0.168. The van der Waals surface area contributed by atoms with Crippen molar-refractivity contribution in [3.8, 4) is 5.75 Å². The highest BCUT2D eigenvalue weighted by Gasteiger charge is 2.13. The zero-order valence-electron chi connectivity index (χ0n) is 12.5. The molecule has 0 aliphatic carbocycles. The predicted molar refractivity (Wildman–Crippen MR) is 89.2 cm³/mol. The summed E-state index contributed by atoms with van der Waals surface area (Å²) in [5, 5.41) is 18.9. The number of phenolic OH excluding ortho intramolecular Hbond substituents is 1. The second-order valence-electron chi connectivity index (χ2n) is 4.83. The van der Waals surface area contributed by atoms with Crippen LogP contribution >= 0.6 is 0 Å². The fourth-order valence-electron chi connectivity index (χ4n) is 1.90. The van der Waals surface area contributed by atoms with Gasteiger partial charge in [-0.05, 0) is 49.6 Å². The fourth-order valence-corrected chi connectivity index (χ4v) is 1.90. The Hall–Kier alpha value is -2.40. The number of hydrogen-bond donors (Lipinski definition) is 3. The minimum Gasteiger partial charge on any atom is -0.507 e. The van der Waals surface area contributed by atoms with E-state index in [1.165, 1.54) is 6.21 Å². The largest absolute Gasteiger partial charge is 0.507 e. The van der Waals surface area contributed by atoms with Gasteiger partial charge in [0.2, 0.25) is 0 Å². The van der Waals surface area contributed by atoms with Crippen molar-refractivity contribution >= 4 is 18.3 Å². The first kappa shape index (κ1) is 17.7. The van der Waals surface area contributed by atoms with Crippen molar-refractivity contribution in [3.05, 3.63) is 48.1 Å². The second kappa shape index (κ2) is 9.52. The Balaban J connectivity index is 2.69. The molecule has 1 rings (SSSR count). The lowest BCUT2D eigenvalue weighted by molar-refractivity contribution is -0.138. The molecule has 5 heteroatoms. The average Bonchev–Trinajstić information content (AvgIpc) is 2.48. The van der Waals surface area contributed by atoms with E-state index in [4.69, 9.17) is 10.8 Å². The lowest BCUT2D eigenvalue weighted by atomic mass is 10.1. The standard InChI is InChI=1S/C17H22N2O3/c1-2-5-13-8-9-14(16(20)12-13)6-4-11-19-15(17(21)22)7-3-10-18/h2,4,6,8-9,11-12,15,20H,1,3,5,7,10,18H2,(H,21,22)/b6-4+,19-11?. The van der Waals surface area contributed by atoms with Crippen LogP contribution < -0.4 is 5.73 Å². The molecule has 1 unspecified atom stereocenters. The fraction of sp³-hybridized carbons (Fsp3) is 0.294. The van der Waals surface area contributed by atoms with Gasteiger partial charge in [-0.3, -0.25) is 4.99 Å². The summed E-state index contributed by atoms with van der Waals surface area (Å²) in [6.07, 6.45) is 8.22. The summed E-state index contributed by atoms with van der Waals surface area (Å²) in [4.78, 5) is 15.0. The molecule has 0 aliphatic rings. The number of aromatic hydroxyl groups is 1. The van der Waals surface area contributed by atoms with Gasteiger partial charge in [0.1, 0.15) is 11.8 Å². The molecule has 1 aromatic carbocycles. The predicted octanol–water partition coefficient (Wildman–Crippen LogP) is 2.40. The van der Waals surface area contributed by atoms with Gasteiger partial charge in [0.05, 0.1) is 0 Å². The zero-order chi connectivity index (χ0) is 16.4. The van der Waals surface area contributed by atoms with Gasteiger partial charge in [-0.25, -0.2) is 4.79 Å². The molecule has 22 heavy (non-hydrogen) atoms. The Morgan fingerprint density at radius 3 is 2.82 bits per heavy atom. The van der Waals surface area contributed by atoms with Gasteiger partial charge in [-0.15, -0.1) is 6.58 Å². The van der Waals surface area contributed by atoms with Crippen molar-refractivity contribution in [1.29, 1.82) is 0 Å². The summed E-state index contributed by atoms with van der Waals surface area (Å²) in [5.74, 6) is -0.795. The van der Waals surface area contributed by atoms with E-state index < -0.39 is 12.0 Å². The van der Waals surface area contributed by atoms with Crippen LogP contribution in [0.5, 0.6) is 5.75 Å². The van der Waals surface area contributed by atoms with Gasteiger partial charge >= 0.3 is 5.97 Å². The van der Waals surface area contributed by atoms with E-state index in [1.807, 2.05) is 6.07 Å². The first-order valence-electron chi connectivity index (χ1n) is 7.14. The highest BCUT2D eigenvalue weighted by Crippen LogP contribution is 2.20. The molecule has 0 saturated heterocycles. The third-order valence-corrected chi connectivity index (χ3v) is 3.07. The summed E-state index contributed by atoms with van der Waals surface area (Å²) < 4.78 is 0. The van der Waals surface area contributed by atoms with Crippen LogP contribution in [0.25, 0.3) is 6.08 Å². The number of aliphatic imine (C=N–C) groups is 1. The number of nitrogens with two attached hydrogens (primary N) is 1. The van der Waals surface area contributed by atoms with Crippen molar-refractivity contribution in [2.75, 3.05) is 6.54 Å². The summed E-state index contributed by atoms with van der Waals surface area (Å²) in [5.41, 5.74) is 6.99. The van der Waals surface area contributed by atoms with Gasteiger partial charge in [-0.1, -0.05) is 18.2 Å². The lowest BCUT2D eigenvalue weighted by Crippen LogP contribution is -2.19. The molecule has 5 nitrogen and oxygen atoms in total. The summed E-state index contributed by atoms with van der Waals surface area (Å²) in [7, 11) is 0. The van der Waals surface area contributed by atoms with Crippen LogP contribution in [0.4, 0.5) is 0 Å². The summed E-state index contributed by atoms with van der Waals surface area (Å²) >= 11 is 0.